The normalized spacial score (nSPS) is 16.6. The van der Waals surface area contributed by atoms with E-state index in [0.29, 0.717) is 18.8 Å². The summed E-state index contributed by atoms with van der Waals surface area (Å²) in [7, 11) is 1.48. The van der Waals surface area contributed by atoms with Gasteiger partial charge in [-0.25, -0.2) is 4.39 Å². The zero-order valence-corrected chi connectivity index (χ0v) is 13.7. The molecule has 21 heavy (non-hydrogen) atoms. The molecule has 0 saturated carbocycles. The van der Waals surface area contributed by atoms with Gasteiger partial charge in [0.1, 0.15) is 11.6 Å². The minimum absolute atomic E-state index is 0.116. The molecule has 0 unspecified atom stereocenters. The molecule has 0 atom stereocenters. The number of hydrogen-bond acceptors (Lipinski definition) is 3. The lowest BCUT2D eigenvalue weighted by molar-refractivity contribution is 0.0757. The summed E-state index contributed by atoms with van der Waals surface area (Å²) in [4.78, 5) is 16.5. The lowest BCUT2D eigenvalue weighted by Crippen LogP contribution is -2.36. The number of carbonyl (C=O) groups excluding carboxylic acids is 1. The summed E-state index contributed by atoms with van der Waals surface area (Å²) in [6, 6.07) is 4.37. The van der Waals surface area contributed by atoms with Gasteiger partial charge in [-0.05, 0) is 25.1 Å². The van der Waals surface area contributed by atoms with Gasteiger partial charge in [0, 0.05) is 37.6 Å². The molecule has 1 fully saturated rings. The number of alkyl halides is 1. The fraction of sp³-hybridized carbons (Fsp3) is 0.533. The van der Waals surface area contributed by atoms with Gasteiger partial charge in [-0.15, -0.1) is 0 Å². The van der Waals surface area contributed by atoms with Gasteiger partial charge in [0.05, 0.1) is 12.7 Å². The van der Waals surface area contributed by atoms with Gasteiger partial charge in [0.2, 0.25) is 0 Å². The van der Waals surface area contributed by atoms with Crippen molar-refractivity contribution in [1.29, 1.82) is 0 Å². The summed E-state index contributed by atoms with van der Waals surface area (Å²) in [5.74, 6) is -0.347. The molecule has 1 aromatic rings. The molecule has 0 radical (unpaired) electrons. The Bertz CT molecular complexity index is 499. The van der Waals surface area contributed by atoms with Crippen LogP contribution in [0, 0.1) is 5.82 Å². The summed E-state index contributed by atoms with van der Waals surface area (Å²) in [6.45, 7) is 4.08. The topological polar surface area (TPSA) is 32.8 Å². The van der Waals surface area contributed by atoms with Crippen LogP contribution < -0.4 is 4.74 Å². The van der Waals surface area contributed by atoms with Gasteiger partial charge in [0.25, 0.3) is 5.91 Å². The van der Waals surface area contributed by atoms with E-state index in [2.05, 4.69) is 20.8 Å². The van der Waals surface area contributed by atoms with Crippen LogP contribution in [0.15, 0.2) is 18.2 Å². The predicted molar refractivity (Wildman–Crippen MR) is 83.7 cm³/mol. The third-order valence-electron chi connectivity index (χ3n) is 3.68. The first-order chi connectivity index (χ1) is 10.2. The Labute approximate surface area is 133 Å². The Balaban J connectivity index is 2.06. The van der Waals surface area contributed by atoms with E-state index in [4.69, 9.17) is 4.74 Å². The van der Waals surface area contributed by atoms with Crippen molar-refractivity contribution >= 4 is 21.8 Å². The van der Waals surface area contributed by atoms with Crippen molar-refractivity contribution in [3.05, 3.63) is 29.6 Å². The molecule has 0 aliphatic carbocycles. The SMILES string of the molecule is COc1ccc(C(=O)N2CCCN(CCBr)CC2)c(F)c1. The number of methoxy groups -OCH3 is 1. The monoisotopic (exact) mass is 358 g/mol. The van der Waals surface area contributed by atoms with Crippen LogP contribution in [0.1, 0.15) is 16.8 Å². The van der Waals surface area contributed by atoms with Crippen molar-refractivity contribution < 1.29 is 13.9 Å². The van der Waals surface area contributed by atoms with Crippen molar-refractivity contribution in [2.45, 2.75) is 6.42 Å². The average molecular weight is 359 g/mol. The lowest BCUT2D eigenvalue weighted by atomic mass is 10.1. The summed E-state index contributed by atoms with van der Waals surface area (Å²) < 4.78 is 19.0. The molecule has 116 valence electrons. The van der Waals surface area contributed by atoms with Crippen LogP contribution in [0.25, 0.3) is 0 Å². The number of ether oxygens (including phenoxy) is 1. The van der Waals surface area contributed by atoms with Gasteiger partial charge >= 0.3 is 0 Å². The van der Waals surface area contributed by atoms with Gasteiger partial charge in [-0.1, -0.05) is 15.9 Å². The standard InChI is InChI=1S/C15H20BrFN2O2/c1-21-12-3-4-13(14(17)11-12)15(20)19-7-2-6-18(8-5-16)9-10-19/h3-4,11H,2,5-10H2,1H3. The van der Waals surface area contributed by atoms with E-state index in [1.165, 1.54) is 19.2 Å². The van der Waals surface area contributed by atoms with Gasteiger partial charge in [-0.3, -0.25) is 4.79 Å². The van der Waals surface area contributed by atoms with E-state index in [1.807, 2.05) is 0 Å². The minimum atomic E-state index is -0.527. The van der Waals surface area contributed by atoms with Crippen LogP contribution >= 0.6 is 15.9 Å². The van der Waals surface area contributed by atoms with Crippen molar-refractivity contribution in [1.82, 2.24) is 9.80 Å². The Morgan fingerprint density at radius 3 is 2.81 bits per heavy atom. The second-order valence-electron chi connectivity index (χ2n) is 5.02. The van der Waals surface area contributed by atoms with Gasteiger partial charge in [0.15, 0.2) is 0 Å². The molecule has 0 N–H and O–H groups in total. The molecule has 1 heterocycles. The van der Waals surface area contributed by atoms with Crippen molar-refractivity contribution in [2.75, 3.05) is 45.2 Å². The number of amides is 1. The van der Waals surface area contributed by atoms with E-state index in [-0.39, 0.29) is 11.5 Å². The lowest BCUT2D eigenvalue weighted by Gasteiger charge is -2.22. The molecule has 1 saturated heterocycles. The largest absolute Gasteiger partial charge is 0.497 e. The zero-order chi connectivity index (χ0) is 15.2. The maximum absolute atomic E-state index is 14.0. The van der Waals surface area contributed by atoms with Crippen LogP contribution in [-0.4, -0.2) is 60.9 Å². The summed E-state index contributed by atoms with van der Waals surface area (Å²) in [5, 5.41) is 0.925. The van der Waals surface area contributed by atoms with Crippen LogP contribution in [0.5, 0.6) is 5.75 Å². The second-order valence-corrected chi connectivity index (χ2v) is 5.82. The molecule has 2 rings (SSSR count). The highest BCUT2D eigenvalue weighted by Crippen LogP contribution is 2.18. The maximum Gasteiger partial charge on any atom is 0.256 e. The molecule has 1 aromatic carbocycles. The third kappa shape index (κ3) is 4.17. The molecule has 0 bridgehead atoms. The fourth-order valence-electron chi connectivity index (χ4n) is 2.48. The highest BCUT2D eigenvalue weighted by molar-refractivity contribution is 9.09. The van der Waals surface area contributed by atoms with Crippen LogP contribution in [-0.2, 0) is 0 Å². The Morgan fingerprint density at radius 2 is 2.14 bits per heavy atom. The predicted octanol–water partition coefficient (Wildman–Crippen LogP) is 2.38. The highest BCUT2D eigenvalue weighted by atomic mass is 79.9. The number of benzene rings is 1. The fourth-order valence-corrected chi connectivity index (χ4v) is 2.99. The van der Waals surface area contributed by atoms with Gasteiger partial charge in [-0.2, -0.15) is 0 Å². The first-order valence-corrected chi connectivity index (χ1v) is 8.19. The van der Waals surface area contributed by atoms with Crippen LogP contribution in [0.2, 0.25) is 0 Å². The molecule has 0 aromatic heterocycles. The van der Waals surface area contributed by atoms with E-state index in [1.54, 1.807) is 11.0 Å². The number of halogens is 2. The molecule has 1 aliphatic rings. The molecular weight excluding hydrogens is 339 g/mol. The van der Waals surface area contributed by atoms with E-state index in [0.717, 1.165) is 31.4 Å². The quantitative estimate of drug-likeness (QED) is 0.774. The van der Waals surface area contributed by atoms with Gasteiger partial charge < -0.3 is 14.5 Å². The minimum Gasteiger partial charge on any atom is -0.497 e. The highest BCUT2D eigenvalue weighted by Gasteiger charge is 2.22. The Hall–Kier alpha value is -1.14. The molecular formula is C15H20BrFN2O2. The van der Waals surface area contributed by atoms with Crippen molar-refractivity contribution in [3.63, 3.8) is 0 Å². The molecule has 4 nitrogen and oxygen atoms in total. The average Bonchev–Trinajstić information content (AvgIpc) is 2.72. The smallest absolute Gasteiger partial charge is 0.256 e. The Kier molecular flexibility index (Phi) is 5.99. The Morgan fingerprint density at radius 1 is 1.33 bits per heavy atom. The number of carbonyl (C=O) groups is 1. The van der Waals surface area contributed by atoms with Crippen molar-refractivity contribution in [2.24, 2.45) is 0 Å². The van der Waals surface area contributed by atoms with Crippen LogP contribution in [0.4, 0.5) is 4.39 Å². The van der Waals surface area contributed by atoms with Crippen LogP contribution in [0.3, 0.4) is 0 Å². The summed E-state index contributed by atoms with van der Waals surface area (Å²) in [5.41, 5.74) is 0.116. The first kappa shape index (κ1) is 16.2. The maximum atomic E-state index is 14.0. The molecule has 1 amide bonds. The summed E-state index contributed by atoms with van der Waals surface area (Å²) >= 11 is 3.43. The second kappa shape index (κ2) is 7.75. The summed E-state index contributed by atoms with van der Waals surface area (Å²) in [6.07, 6.45) is 0.913. The number of hydrogen-bond donors (Lipinski definition) is 0. The first-order valence-electron chi connectivity index (χ1n) is 7.07. The molecule has 0 spiro atoms. The third-order valence-corrected chi connectivity index (χ3v) is 4.04. The molecule has 6 heteroatoms. The van der Waals surface area contributed by atoms with E-state index >= 15 is 0 Å². The van der Waals surface area contributed by atoms with E-state index in [9.17, 15) is 9.18 Å². The molecule has 1 aliphatic heterocycles. The number of nitrogens with zero attached hydrogens (tertiary/aromatic N) is 2. The van der Waals surface area contributed by atoms with E-state index < -0.39 is 5.82 Å². The number of rotatable bonds is 4. The van der Waals surface area contributed by atoms with Crippen molar-refractivity contribution in [3.8, 4) is 5.75 Å². The zero-order valence-electron chi connectivity index (χ0n) is 12.1.